The summed E-state index contributed by atoms with van der Waals surface area (Å²) in [5, 5.41) is 0. The summed E-state index contributed by atoms with van der Waals surface area (Å²) >= 11 is 0. The van der Waals surface area contributed by atoms with Gasteiger partial charge in [0.15, 0.2) is 0 Å². The topological polar surface area (TPSA) is 3.24 Å². The molecule has 0 radical (unpaired) electrons. The van der Waals surface area contributed by atoms with Gasteiger partial charge in [-0.05, 0) is 37.3 Å². The van der Waals surface area contributed by atoms with Gasteiger partial charge in [0.25, 0.3) is 0 Å². The van der Waals surface area contributed by atoms with E-state index >= 15 is 0 Å². The highest BCUT2D eigenvalue weighted by Gasteiger charge is 2.19. The van der Waals surface area contributed by atoms with Gasteiger partial charge in [-0.25, -0.2) is 0 Å². The molecule has 0 spiro atoms. The number of rotatable bonds is 0. The van der Waals surface area contributed by atoms with Crippen LogP contribution in [0.4, 0.5) is 0 Å². The molecule has 0 saturated carbocycles. The molecule has 0 aromatic heterocycles. The summed E-state index contributed by atoms with van der Waals surface area (Å²) in [5.74, 6) is 0. The first-order valence-electron chi connectivity index (χ1n) is 5.09. The van der Waals surface area contributed by atoms with Crippen molar-refractivity contribution < 1.29 is 0 Å². The molecule has 2 rings (SSSR count). The van der Waals surface area contributed by atoms with Gasteiger partial charge in [-0.15, -0.1) is 0 Å². The highest BCUT2D eigenvalue weighted by molar-refractivity contribution is 5.46. The van der Waals surface area contributed by atoms with Crippen molar-refractivity contribution in [2.24, 2.45) is 0 Å². The lowest BCUT2D eigenvalue weighted by Crippen LogP contribution is -2.24. The zero-order chi connectivity index (χ0) is 9.26. The Morgan fingerprint density at radius 3 is 3.00 bits per heavy atom. The Morgan fingerprint density at radius 2 is 2.23 bits per heavy atom. The van der Waals surface area contributed by atoms with Crippen LogP contribution in [-0.2, 0) is 0 Å². The largest absolute Gasteiger partial charge is 0.374 e. The van der Waals surface area contributed by atoms with E-state index in [1.165, 1.54) is 30.4 Å². The smallest absolute Gasteiger partial charge is 0.0356 e. The van der Waals surface area contributed by atoms with Crippen molar-refractivity contribution in [1.82, 2.24) is 4.90 Å². The van der Waals surface area contributed by atoms with Crippen LogP contribution in [-0.4, -0.2) is 18.5 Å². The zero-order valence-corrected chi connectivity index (χ0v) is 8.51. The highest BCUT2D eigenvalue weighted by Crippen LogP contribution is 2.33. The summed E-state index contributed by atoms with van der Waals surface area (Å²) in [4.78, 5) is 2.37. The predicted molar refractivity (Wildman–Crippen MR) is 56.4 cm³/mol. The fraction of sp³-hybridized carbons (Fsp3) is 0.500. The first-order valence-corrected chi connectivity index (χ1v) is 5.09. The van der Waals surface area contributed by atoms with Crippen LogP contribution < -0.4 is 0 Å². The molecule has 0 atom stereocenters. The van der Waals surface area contributed by atoms with E-state index in [1.54, 1.807) is 5.70 Å². The standard InChI is InChI=1S/C12H17N/c1-3-10-6-4-8-12-11(10)7-5-9-13(12)2/h3,5,7H,4,6,8-9H2,1-2H3/b10-3-. The number of likely N-dealkylation sites (N-methyl/N-ethyl adjacent to an activating group) is 1. The molecule has 1 nitrogen and oxygen atoms in total. The van der Waals surface area contributed by atoms with Crippen LogP contribution in [0.2, 0.25) is 0 Å². The van der Waals surface area contributed by atoms with Crippen molar-refractivity contribution in [3.8, 4) is 0 Å². The summed E-state index contributed by atoms with van der Waals surface area (Å²) in [5.41, 5.74) is 4.56. The molecule has 2 aliphatic rings. The van der Waals surface area contributed by atoms with Gasteiger partial charge in [0.2, 0.25) is 0 Å². The Hall–Kier alpha value is -0.980. The Bertz CT molecular complexity index is 294. The molecule has 0 bridgehead atoms. The van der Waals surface area contributed by atoms with Crippen LogP contribution >= 0.6 is 0 Å². The van der Waals surface area contributed by atoms with E-state index in [2.05, 4.69) is 37.1 Å². The summed E-state index contributed by atoms with van der Waals surface area (Å²) in [6.45, 7) is 3.23. The lowest BCUT2D eigenvalue weighted by atomic mass is 9.88. The molecule has 0 aromatic carbocycles. The van der Waals surface area contributed by atoms with Crippen LogP contribution in [0.15, 0.2) is 35.1 Å². The number of hydrogen-bond donors (Lipinski definition) is 0. The molecule has 0 amide bonds. The molecule has 1 heterocycles. The van der Waals surface area contributed by atoms with Gasteiger partial charge in [0, 0.05) is 19.3 Å². The van der Waals surface area contributed by atoms with E-state index < -0.39 is 0 Å². The van der Waals surface area contributed by atoms with E-state index in [9.17, 15) is 0 Å². The molecule has 0 saturated heterocycles. The van der Waals surface area contributed by atoms with Crippen molar-refractivity contribution in [2.75, 3.05) is 13.6 Å². The van der Waals surface area contributed by atoms with E-state index in [1.807, 2.05) is 0 Å². The zero-order valence-electron chi connectivity index (χ0n) is 8.51. The van der Waals surface area contributed by atoms with Crippen LogP contribution in [0.3, 0.4) is 0 Å². The van der Waals surface area contributed by atoms with Crippen molar-refractivity contribution in [3.63, 3.8) is 0 Å². The SMILES string of the molecule is C/C=C1/CCCC2=C1C=CCN2C. The summed E-state index contributed by atoms with van der Waals surface area (Å²) in [6, 6.07) is 0. The van der Waals surface area contributed by atoms with E-state index in [4.69, 9.17) is 0 Å². The third-order valence-corrected chi connectivity index (χ3v) is 2.99. The summed E-state index contributed by atoms with van der Waals surface area (Å²) < 4.78 is 0. The quantitative estimate of drug-likeness (QED) is 0.547. The van der Waals surface area contributed by atoms with Crippen molar-refractivity contribution in [2.45, 2.75) is 26.2 Å². The minimum Gasteiger partial charge on any atom is -0.374 e. The second-order valence-corrected chi connectivity index (χ2v) is 3.81. The van der Waals surface area contributed by atoms with Gasteiger partial charge in [0.1, 0.15) is 0 Å². The fourth-order valence-corrected chi connectivity index (χ4v) is 2.24. The second-order valence-electron chi connectivity index (χ2n) is 3.81. The predicted octanol–water partition coefficient (Wildman–Crippen LogP) is 2.87. The number of nitrogens with zero attached hydrogens (tertiary/aromatic N) is 1. The van der Waals surface area contributed by atoms with Crippen molar-refractivity contribution in [3.05, 3.63) is 35.1 Å². The highest BCUT2D eigenvalue weighted by atomic mass is 15.1. The summed E-state index contributed by atoms with van der Waals surface area (Å²) in [7, 11) is 2.19. The van der Waals surface area contributed by atoms with E-state index in [-0.39, 0.29) is 0 Å². The molecule has 1 aliphatic heterocycles. The Morgan fingerprint density at radius 1 is 1.38 bits per heavy atom. The number of hydrogen-bond acceptors (Lipinski definition) is 1. The van der Waals surface area contributed by atoms with Gasteiger partial charge >= 0.3 is 0 Å². The molecule has 0 fully saturated rings. The molecular formula is C12H17N. The lowest BCUT2D eigenvalue weighted by molar-refractivity contribution is 0.421. The van der Waals surface area contributed by atoms with E-state index in [0.29, 0.717) is 0 Å². The second kappa shape index (κ2) is 3.41. The minimum atomic E-state index is 1.08. The molecular weight excluding hydrogens is 158 g/mol. The molecule has 0 unspecified atom stereocenters. The Labute approximate surface area is 80.4 Å². The van der Waals surface area contributed by atoms with Crippen LogP contribution in [0.5, 0.6) is 0 Å². The minimum absolute atomic E-state index is 1.08. The molecule has 13 heavy (non-hydrogen) atoms. The van der Waals surface area contributed by atoms with Crippen molar-refractivity contribution >= 4 is 0 Å². The monoisotopic (exact) mass is 175 g/mol. The molecule has 1 aliphatic carbocycles. The van der Waals surface area contributed by atoms with Crippen LogP contribution in [0.1, 0.15) is 26.2 Å². The fourth-order valence-electron chi connectivity index (χ4n) is 2.24. The first-order chi connectivity index (χ1) is 6.33. The first kappa shape index (κ1) is 8.61. The maximum atomic E-state index is 2.37. The maximum absolute atomic E-state index is 2.37. The van der Waals surface area contributed by atoms with Crippen LogP contribution in [0, 0.1) is 0 Å². The Balaban J connectivity index is 2.41. The molecule has 0 N–H and O–H groups in total. The Kier molecular flexibility index (Phi) is 2.26. The molecule has 70 valence electrons. The van der Waals surface area contributed by atoms with Crippen molar-refractivity contribution in [1.29, 1.82) is 0 Å². The molecule has 1 heteroatoms. The maximum Gasteiger partial charge on any atom is 0.0356 e. The third kappa shape index (κ3) is 1.43. The van der Waals surface area contributed by atoms with Gasteiger partial charge < -0.3 is 4.90 Å². The van der Waals surface area contributed by atoms with Gasteiger partial charge in [-0.1, -0.05) is 18.2 Å². The summed E-state index contributed by atoms with van der Waals surface area (Å²) in [6.07, 6.45) is 10.6. The number of allylic oxidation sites excluding steroid dienone is 5. The van der Waals surface area contributed by atoms with Crippen LogP contribution in [0.25, 0.3) is 0 Å². The normalized spacial score (nSPS) is 25.4. The van der Waals surface area contributed by atoms with Gasteiger partial charge in [-0.2, -0.15) is 0 Å². The average Bonchev–Trinajstić information content (AvgIpc) is 2.18. The average molecular weight is 175 g/mol. The van der Waals surface area contributed by atoms with Gasteiger partial charge in [-0.3, -0.25) is 0 Å². The lowest BCUT2D eigenvalue weighted by Gasteiger charge is -2.31. The van der Waals surface area contributed by atoms with Gasteiger partial charge in [0.05, 0.1) is 0 Å². The third-order valence-electron chi connectivity index (χ3n) is 2.99. The van der Waals surface area contributed by atoms with E-state index in [0.717, 1.165) is 6.54 Å². The molecule has 0 aromatic rings.